The van der Waals surface area contributed by atoms with E-state index in [0.29, 0.717) is 6.04 Å². The summed E-state index contributed by atoms with van der Waals surface area (Å²) in [4.78, 5) is 32.9. The highest BCUT2D eigenvalue weighted by atomic mass is 35.5. The van der Waals surface area contributed by atoms with Crippen molar-refractivity contribution in [1.29, 1.82) is 0 Å². The Hall–Kier alpha value is -2.94. The predicted octanol–water partition coefficient (Wildman–Crippen LogP) is 3.25. The van der Waals surface area contributed by atoms with Crippen molar-refractivity contribution in [3.05, 3.63) is 79.0 Å². The van der Waals surface area contributed by atoms with E-state index in [1.165, 1.54) is 32.6 Å². The normalized spacial score (nSPS) is 16.0. The molecule has 0 spiro atoms. The van der Waals surface area contributed by atoms with Crippen molar-refractivity contribution in [2.24, 2.45) is 7.05 Å². The summed E-state index contributed by atoms with van der Waals surface area (Å²) in [6.07, 6.45) is 5.47. The molecule has 6 rings (SSSR count). The van der Waals surface area contributed by atoms with E-state index in [-0.39, 0.29) is 17.8 Å². The first-order valence-corrected chi connectivity index (χ1v) is 12.6. The fourth-order valence-electron chi connectivity index (χ4n) is 4.99. The van der Waals surface area contributed by atoms with Crippen molar-refractivity contribution in [3.8, 4) is 11.1 Å². The van der Waals surface area contributed by atoms with Gasteiger partial charge in [0, 0.05) is 71.9 Å². The van der Waals surface area contributed by atoms with E-state index in [0.717, 1.165) is 63.7 Å². The first-order chi connectivity index (χ1) is 16.5. The number of benzene rings is 1. The van der Waals surface area contributed by atoms with Gasteiger partial charge in [-0.2, -0.15) is 0 Å². The fourth-order valence-corrected chi connectivity index (χ4v) is 6.37. The molecule has 1 fully saturated rings. The van der Waals surface area contributed by atoms with E-state index in [9.17, 15) is 9.59 Å². The predicted molar refractivity (Wildman–Crippen MR) is 137 cm³/mol. The van der Waals surface area contributed by atoms with Crippen molar-refractivity contribution in [1.82, 2.24) is 19.4 Å². The van der Waals surface area contributed by atoms with Crippen LogP contribution >= 0.6 is 22.9 Å². The van der Waals surface area contributed by atoms with Crippen LogP contribution in [0.4, 0.5) is 5.69 Å². The molecule has 0 unspecified atom stereocenters. The number of thiophene rings is 1. The Morgan fingerprint density at radius 1 is 1.18 bits per heavy atom. The van der Waals surface area contributed by atoms with E-state index in [2.05, 4.69) is 27.3 Å². The van der Waals surface area contributed by atoms with Crippen LogP contribution in [0, 0.1) is 0 Å². The number of nitrogens with zero attached hydrogens (tertiary/aromatic N) is 4. The van der Waals surface area contributed by atoms with Gasteiger partial charge in [0.1, 0.15) is 0 Å². The molecule has 3 aromatic heterocycles. The van der Waals surface area contributed by atoms with Crippen LogP contribution in [0.3, 0.4) is 0 Å². The summed E-state index contributed by atoms with van der Waals surface area (Å²) < 4.78 is 3.72. The van der Waals surface area contributed by atoms with E-state index in [1.54, 1.807) is 18.4 Å². The monoisotopic (exact) mass is 493 g/mol. The second-order valence-corrected chi connectivity index (χ2v) is 10.6. The van der Waals surface area contributed by atoms with Crippen molar-refractivity contribution in [2.45, 2.75) is 25.4 Å². The Kier molecular flexibility index (Phi) is 5.32. The molecule has 5 heterocycles. The molecule has 0 atom stereocenters. The molecule has 174 valence electrons. The summed E-state index contributed by atoms with van der Waals surface area (Å²) in [5, 5.41) is 4.14. The molecular formula is C25H24ClN5O2S. The lowest BCUT2D eigenvalue weighted by molar-refractivity contribution is 0.406. The van der Waals surface area contributed by atoms with Crippen molar-refractivity contribution in [2.75, 3.05) is 24.5 Å². The van der Waals surface area contributed by atoms with E-state index in [4.69, 9.17) is 11.6 Å². The maximum absolute atomic E-state index is 12.5. The zero-order valence-electron chi connectivity index (χ0n) is 18.8. The van der Waals surface area contributed by atoms with Crippen LogP contribution in [0.15, 0.2) is 52.3 Å². The Labute approximate surface area is 205 Å². The van der Waals surface area contributed by atoms with Gasteiger partial charge in [0.2, 0.25) is 0 Å². The van der Waals surface area contributed by atoms with Gasteiger partial charge in [0.25, 0.3) is 5.56 Å². The second kappa shape index (κ2) is 8.37. The Balaban J connectivity index is 1.49. The van der Waals surface area contributed by atoms with Crippen LogP contribution in [0.1, 0.15) is 16.9 Å². The summed E-state index contributed by atoms with van der Waals surface area (Å²) in [5.41, 5.74) is 5.02. The largest absolute Gasteiger partial charge is 0.365 e. The third-order valence-corrected chi connectivity index (χ3v) is 8.15. The number of pyridine rings is 1. The fraction of sp³-hybridized carbons (Fsp3) is 0.320. The Morgan fingerprint density at radius 3 is 2.82 bits per heavy atom. The maximum Gasteiger partial charge on any atom is 0.331 e. The van der Waals surface area contributed by atoms with Gasteiger partial charge in [-0.3, -0.25) is 14.3 Å². The lowest BCUT2D eigenvalue weighted by Crippen LogP contribution is -2.58. The summed E-state index contributed by atoms with van der Waals surface area (Å²) >= 11 is 8.18. The average Bonchev–Trinajstić information content (AvgIpc) is 3.20. The number of halogens is 1. The highest BCUT2D eigenvalue weighted by Crippen LogP contribution is 2.44. The second-order valence-electron chi connectivity index (χ2n) is 8.99. The summed E-state index contributed by atoms with van der Waals surface area (Å²) in [5.74, 6) is 0. The Morgan fingerprint density at radius 2 is 2.03 bits per heavy atom. The van der Waals surface area contributed by atoms with Gasteiger partial charge in [0.05, 0.1) is 22.8 Å². The molecule has 0 bridgehead atoms. The van der Waals surface area contributed by atoms with Crippen LogP contribution < -0.4 is 21.5 Å². The Bertz CT molecular complexity index is 1530. The minimum atomic E-state index is -0.327. The highest BCUT2D eigenvalue weighted by Gasteiger charge is 2.31. The molecule has 34 heavy (non-hydrogen) atoms. The number of aryl methyl sites for hydroxylation is 2. The standard InChI is InChI=1S/C25H24ClN5O2S/c1-29-8-5-22(32)31(25(29)33)14-18-11-21-24(34-18)19(4-6-28-21)20-10-16(26)9-15-3-2-7-30(23(15)20)17-12-27-13-17/h4-6,8-11,17,27H,2-3,7,12-14H2,1H3. The number of hydrogen-bond acceptors (Lipinski definition) is 6. The van der Waals surface area contributed by atoms with Gasteiger partial charge in [-0.25, -0.2) is 4.79 Å². The van der Waals surface area contributed by atoms with Crippen LogP contribution in [-0.2, 0) is 20.0 Å². The van der Waals surface area contributed by atoms with Crippen LogP contribution in [0.2, 0.25) is 5.02 Å². The topological polar surface area (TPSA) is 72.2 Å². The van der Waals surface area contributed by atoms with Gasteiger partial charge in [-0.05, 0) is 42.7 Å². The number of aromatic nitrogens is 3. The smallest absolute Gasteiger partial charge is 0.331 e. The third kappa shape index (κ3) is 3.57. The van der Waals surface area contributed by atoms with Crippen LogP contribution in [0.5, 0.6) is 0 Å². The summed E-state index contributed by atoms with van der Waals surface area (Å²) in [6.45, 7) is 3.26. The molecule has 1 saturated heterocycles. The third-order valence-electron chi connectivity index (χ3n) is 6.79. The number of rotatable bonds is 4. The molecule has 1 aromatic carbocycles. The van der Waals surface area contributed by atoms with E-state index >= 15 is 0 Å². The molecule has 4 aromatic rings. The minimum absolute atomic E-state index is 0.223. The van der Waals surface area contributed by atoms with Gasteiger partial charge in [-0.15, -0.1) is 11.3 Å². The molecule has 1 N–H and O–H groups in total. The van der Waals surface area contributed by atoms with E-state index < -0.39 is 0 Å². The summed E-state index contributed by atoms with van der Waals surface area (Å²) in [7, 11) is 1.65. The number of nitrogens with one attached hydrogen (secondary N) is 1. The van der Waals surface area contributed by atoms with Crippen LogP contribution in [-0.4, -0.2) is 39.8 Å². The van der Waals surface area contributed by atoms with Crippen molar-refractivity contribution in [3.63, 3.8) is 0 Å². The van der Waals surface area contributed by atoms with E-state index in [1.807, 2.05) is 18.3 Å². The zero-order chi connectivity index (χ0) is 23.4. The lowest BCUT2D eigenvalue weighted by atomic mass is 9.92. The molecule has 2 aliphatic rings. The number of anilines is 1. The summed E-state index contributed by atoms with van der Waals surface area (Å²) in [6, 6.07) is 10.1. The molecular weight excluding hydrogens is 470 g/mol. The van der Waals surface area contributed by atoms with Gasteiger partial charge < -0.3 is 14.8 Å². The van der Waals surface area contributed by atoms with Crippen molar-refractivity contribution >= 4 is 38.8 Å². The number of fused-ring (bicyclic) bond motifs is 2. The first kappa shape index (κ1) is 21.6. The molecule has 0 aliphatic carbocycles. The van der Waals surface area contributed by atoms with Gasteiger partial charge in [0.15, 0.2) is 0 Å². The quantitative estimate of drug-likeness (QED) is 0.472. The first-order valence-electron chi connectivity index (χ1n) is 11.4. The molecule has 0 radical (unpaired) electrons. The zero-order valence-corrected chi connectivity index (χ0v) is 20.3. The highest BCUT2D eigenvalue weighted by molar-refractivity contribution is 7.19. The van der Waals surface area contributed by atoms with Gasteiger partial charge in [-0.1, -0.05) is 11.6 Å². The SMILES string of the molecule is Cn1ccc(=O)n(Cc2cc3nccc(-c4cc(Cl)cc5c4N(C4CNC4)CCC5)c3s2)c1=O. The lowest BCUT2D eigenvalue weighted by Gasteiger charge is -2.44. The molecule has 0 amide bonds. The maximum atomic E-state index is 12.5. The molecule has 9 heteroatoms. The molecule has 7 nitrogen and oxygen atoms in total. The minimum Gasteiger partial charge on any atom is -0.365 e. The van der Waals surface area contributed by atoms with Crippen molar-refractivity contribution < 1.29 is 0 Å². The molecule has 2 aliphatic heterocycles. The molecule has 0 saturated carbocycles. The van der Waals surface area contributed by atoms with Gasteiger partial charge >= 0.3 is 5.69 Å². The van der Waals surface area contributed by atoms with Crippen LogP contribution in [0.25, 0.3) is 21.3 Å². The number of hydrogen-bond donors (Lipinski definition) is 1. The average molecular weight is 494 g/mol.